The number of imidazole rings is 1. The number of carbonyl (C=O) groups is 1. The van der Waals surface area contributed by atoms with Crippen molar-refractivity contribution in [3.8, 4) is 0 Å². The molecule has 1 saturated heterocycles. The molecule has 1 aliphatic heterocycles. The minimum absolute atomic E-state index is 0.302. The molecule has 0 aliphatic carbocycles. The lowest BCUT2D eigenvalue weighted by Gasteiger charge is -2.19. The minimum atomic E-state index is 0.302. The van der Waals surface area contributed by atoms with E-state index in [1.807, 2.05) is 28.8 Å². The Bertz CT molecular complexity index is 600. The molecule has 0 bridgehead atoms. The first kappa shape index (κ1) is 11.3. The number of pyridine rings is 1. The highest BCUT2D eigenvalue weighted by Gasteiger charge is 2.32. The molecule has 18 heavy (non-hydrogen) atoms. The second-order valence-corrected chi connectivity index (χ2v) is 5.70. The Morgan fingerprint density at radius 3 is 2.89 bits per heavy atom. The molecule has 0 aromatic carbocycles. The molecule has 0 atom stereocenters. The maximum Gasteiger partial charge on any atom is 0.170 e. The van der Waals surface area contributed by atoms with E-state index >= 15 is 0 Å². The number of aromatic nitrogens is 2. The second-order valence-electron chi connectivity index (χ2n) is 5.70. The van der Waals surface area contributed by atoms with Gasteiger partial charge in [0.05, 0.1) is 0 Å². The largest absolute Gasteiger partial charge is 0.354 e. The van der Waals surface area contributed by atoms with Gasteiger partial charge in [-0.25, -0.2) is 4.98 Å². The maximum atomic E-state index is 11.3. The lowest BCUT2D eigenvalue weighted by atomic mass is 9.93. The normalized spacial score (nSPS) is 18.4. The quantitative estimate of drug-likeness (QED) is 0.760. The van der Waals surface area contributed by atoms with Crippen LogP contribution in [0.5, 0.6) is 0 Å². The molecule has 1 fully saturated rings. The van der Waals surface area contributed by atoms with Crippen molar-refractivity contribution in [2.75, 3.05) is 18.0 Å². The number of hydrogen-bond acceptors (Lipinski definition) is 3. The fraction of sp³-hybridized carbons (Fsp3) is 0.429. The van der Waals surface area contributed by atoms with Crippen molar-refractivity contribution < 1.29 is 4.79 Å². The molecule has 1 aliphatic rings. The SMILES string of the molecule is CC1(C)CCN(c2nc3ccccn3c2C=O)C1. The molecule has 0 spiro atoms. The van der Waals surface area contributed by atoms with E-state index in [2.05, 4.69) is 23.7 Å². The Morgan fingerprint density at radius 2 is 2.22 bits per heavy atom. The second kappa shape index (κ2) is 3.83. The van der Waals surface area contributed by atoms with E-state index in [1.54, 1.807) is 0 Å². The summed E-state index contributed by atoms with van der Waals surface area (Å²) in [6.07, 6.45) is 3.93. The van der Waals surface area contributed by atoms with Crippen LogP contribution in [-0.4, -0.2) is 28.8 Å². The van der Waals surface area contributed by atoms with Gasteiger partial charge in [0.2, 0.25) is 0 Å². The van der Waals surface area contributed by atoms with Crippen LogP contribution < -0.4 is 4.90 Å². The Morgan fingerprint density at radius 1 is 1.39 bits per heavy atom. The van der Waals surface area contributed by atoms with Crippen LogP contribution in [0.3, 0.4) is 0 Å². The van der Waals surface area contributed by atoms with Gasteiger partial charge in [0.25, 0.3) is 0 Å². The number of anilines is 1. The average Bonchev–Trinajstić information content (AvgIpc) is 2.88. The summed E-state index contributed by atoms with van der Waals surface area (Å²) < 4.78 is 1.85. The molecule has 0 unspecified atom stereocenters. The van der Waals surface area contributed by atoms with Crippen molar-refractivity contribution in [2.24, 2.45) is 5.41 Å². The fourth-order valence-electron chi connectivity index (χ4n) is 2.64. The Kier molecular flexibility index (Phi) is 2.40. The summed E-state index contributed by atoms with van der Waals surface area (Å²) in [5.74, 6) is 0.821. The van der Waals surface area contributed by atoms with E-state index in [9.17, 15) is 4.79 Å². The summed E-state index contributed by atoms with van der Waals surface area (Å²) in [6.45, 7) is 6.43. The zero-order chi connectivity index (χ0) is 12.8. The van der Waals surface area contributed by atoms with Crippen molar-refractivity contribution in [2.45, 2.75) is 20.3 Å². The number of fused-ring (bicyclic) bond motifs is 1. The number of aldehydes is 1. The monoisotopic (exact) mass is 243 g/mol. The highest BCUT2D eigenvalue weighted by Crippen LogP contribution is 2.33. The molecule has 0 N–H and O–H groups in total. The maximum absolute atomic E-state index is 11.3. The van der Waals surface area contributed by atoms with Crippen LogP contribution in [0.2, 0.25) is 0 Å². The third-order valence-electron chi connectivity index (χ3n) is 3.64. The first-order valence-electron chi connectivity index (χ1n) is 6.28. The summed E-state index contributed by atoms with van der Waals surface area (Å²) in [4.78, 5) is 18.1. The highest BCUT2D eigenvalue weighted by atomic mass is 16.1. The first-order chi connectivity index (χ1) is 8.61. The van der Waals surface area contributed by atoms with Gasteiger partial charge >= 0.3 is 0 Å². The van der Waals surface area contributed by atoms with Crippen molar-refractivity contribution >= 4 is 17.8 Å². The predicted molar refractivity (Wildman–Crippen MR) is 71.2 cm³/mol. The van der Waals surface area contributed by atoms with Gasteiger partial charge in [0.15, 0.2) is 12.1 Å². The Hall–Kier alpha value is -1.84. The number of carbonyl (C=O) groups excluding carboxylic acids is 1. The van der Waals surface area contributed by atoms with Crippen molar-refractivity contribution in [3.63, 3.8) is 0 Å². The van der Waals surface area contributed by atoms with Gasteiger partial charge < -0.3 is 4.90 Å². The lowest BCUT2D eigenvalue weighted by molar-refractivity contribution is 0.111. The van der Waals surface area contributed by atoms with Crippen molar-refractivity contribution in [1.29, 1.82) is 0 Å². The molecule has 4 heteroatoms. The van der Waals surface area contributed by atoms with E-state index in [4.69, 9.17) is 0 Å². The van der Waals surface area contributed by atoms with Gasteiger partial charge in [0.1, 0.15) is 11.3 Å². The van der Waals surface area contributed by atoms with E-state index in [0.717, 1.165) is 37.3 Å². The summed E-state index contributed by atoms with van der Waals surface area (Å²) in [5, 5.41) is 0. The van der Waals surface area contributed by atoms with Crippen LogP contribution in [0.4, 0.5) is 5.82 Å². The van der Waals surface area contributed by atoms with E-state index in [0.29, 0.717) is 11.1 Å². The fourth-order valence-corrected chi connectivity index (χ4v) is 2.64. The van der Waals surface area contributed by atoms with Gasteiger partial charge in [-0.05, 0) is 24.0 Å². The summed E-state index contributed by atoms with van der Waals surface area (Å²) in [7, 11) is 0. The molecule has 0 radical (unpaired) electrons. The number of hydrogen-bond donors (Lipinski definition) is 0. The lowest BCUT2D eigenvalue weighted by Crippen LogP contribution is -2.24. The summed E-state index contributed by atoms with van der Waals surface area (Å²) in [6, 6.07) is 5.78. The first-order valence-corrected chi connectivity index (χ1v) is 6.28. The van der Waals surface area contributed by atoms with Crippen molar-refractivity contribution in [3.05, 3.63) is 30.1 Å². The van der Waals surface area contributed by atoms with E-state index in [1.165, 1.54) is 0 Å². The van der Waals surface area contributed by atoms with Crippen molar-refractivity contribution in [1.82, 2.24) is 9.38 Å². The molecular weight excluding hydrogens is 226 g/mol. The zero-order valence-corrected chi connectivity index (χ0v) is 10.8. The van der Waals surface area contributed by atoms with Crippen LogP contribution in [0.15, 0.2) is 24.4 Å². The molecular formula is C14H17N3O. The molecule has 3 heterocycles. The molecule has 4 nitrogen and oxygen atoms in total. The Balaban J connectivity index is 2.09. The Labute approximate surface area is 106 Å². The third-order valence-corrected chi connectivity index (χ3v) is 3.64. The third kappa shape index (κ3) is 1.68. The topological polar surface area (TPSA) is 37.6 Å². The molecule has 0 saturated carbocycles. The molecule has 2 aromatic heterocycles. The van der Waals surface area contributed by atoms with Crippen LogP contribution in [0, 0.1) is 5.41 Å². The standard InChI is InChI=1S/C14H17N3O/c1-14(2)6-8-16(10-14)13-11(9-18)17-7-4-3-5-12(17)15-13/h3-5,7,9H,6,8,10H2,1-2H3. The molecule has 2 aromatic rings. The summed E-state index contributed by atoms with van der Waals surface area (Å²) in [5.41, 5.74) is 1.79. The van der Waals surface area contributed by atoms with Gasteiger partial charge in [-0.3, -0.25) is 9.20 Å². The zero-order valence-electron chi connectivity index (χ0n) is 10.8. The minimum Gasteiger partial charge on any atom is -0.354 e. The highest BCUT2D eigenvalue weighted by molar-refractivity contribution is 5.83. The van der Waals surface area contributed by atoms with Gasteiger partial charge in [-0.15, -0.1) is 0 Å². The van der Waals surface area contributed by atoms with Crippen LogP contribution >= 0.6 is 0 Å². The average molecular weight is 243 g/mol. The molecule has 3 rings (SSSR count). The number of rotatable bonds is 2. The van der Waals surface area contributed by atoms with Crippen LogP contribution in [0.1, 0.15) is 30.8 Å². The predicted octanol–water partition coefficient (Wildman–Crippen LogP) is 2.38. The number of nitrogens with zero attached hydrogens (tertiary/aromatic N) is 3. The summed E-state index contributed by atoms with van der Waals surface area (Å²) >= 11 is 0. The van der Waals surface area contributed by atoms with Gasteiger partial charge in [0, 0.05) is 19.3 Å². The smallest absolute Gasteiger partial charge is 0.170 e. The molecule has 94 valence electrons. The molecule has 0 amide bonds. The van der Waals surface area contributed by atoms with Crippen LogP contribution in [0.25, 0.3) is 5.65 Å². The van der Waals surface area contributed by atoms with E-state index < -0.39 is 0 Å². The van der Waals surface area contributed by atoms with Gasteiger partial charge in [-0.2, -0.15) is 0 Å². The van der Waals surface area contributed by atoms with E-state index in [-0.39, 0.29) is 0 Å². The van der Waals surface area contributed by atoms with Crippen LogP contribution in [-0.2, 0) is 0 Å². The van der Waals surface area contributed by atoms with Gasteiger partial charge in [-0.1, -0.05) is 19.9 Å².